The monoisotopic (exact) mass is 357 g/mol. The zero-order chi connectivity index (χ0) is 18.3. The van der Waals surface area contributed by atoms with Gasteiger partial charge < -0.3 is 10.6 Å². The Labute approximate surface area is 141 Å². The van der Waals surface area contributed by atoms with Crippen molar-refractivity contribution in [2.24, 2.45) is 5.92 Å². The van der Waals surface area contributed by atoms with Crippen LogP contribution in [0.2, 0.25) is 0 Å². The average Bonchev–Trinajstić information content (AvgIpc) is 2.50. The number of rotatable bonds is 9. The third-order valence-corrected chi connectivity index (χ3v) is 4.61. The molecule has 0 saturated carbocycles. The number of amides is 1. The van der Waals surface area contributed by atoms with Gasteiger partial charge in [0.15, 0.2) is 9.84 Å². The minimum Gasteiger partial charge on any atom is -0.378 e. The van der Waals surface area contributed by atoms with Crippen molar-refractivity contribution in [1.29, 1.82) is 0 Å². The van der Waals surface area contributed by atoms with E-state index in [2.05, 4.69) is 10.6 Å². The van der Waals surface area contributed by atoms with Crippen LogP contribution < -0.4 is 10.6 Å². The summed E-state index contributed by atoms with van der Waals surface area (Å²) in [6.45, 7) is 4.47. The van der Waals surface area contributed by atoms with Crippen LogP contribution in [0.1, 0.15) is 26.7 Å². The van der Waals surface area contributed by atoms with Gasteiger partial charge in [0.25, 0.3) is 5.69 Å². The maximum atomic E-state index is 11.8. The number of carbonyl (C=O) groups is 1. The van der Waals surface area contributed by atoms with Gasteiger partial charge in [0.1, 0.15) is 5.69 Å². The predicted molar refractivity (Wildman–Crippen MR) is 91.8 cm³/mol. The van der Waals surface area contributed by atoms with E-state index in [0.717, 1.165) is 25.2 Å². The van der Waals surface area contributed by atoms with E-state index in [0.29, 0.717) is 13.1 Å². The molecule has 1 rings (SSSR count). The number of benzene rings is 1. The standard InChI is InChI=1S/C15H23N3O5S/c1-4-5-11(2)15(19)17-9-8-16-13-7-6-12(24(3,22)23)10-14(13)18(20)21/h6-7,10-11,16H,4-5,8-9H2,1-3H3,(H,17,19). The SMILES string of the molecule is CCCC(C)C(=O)NCCNc1ccc(S(C)(=O)=O)cc1[N+](=O)[O-]. The van der Waals surface area contributed by atoms with E-state index in [-0.39, 0.29) is 28.1 Å². The highest BCUT2D eigenvalue weighted by molar-refractivity contribution is 7.90. The van der Waals surface area contributed by atoms with Crippen molar-refractivity contribution in [3.8, 4) is 0 Å². The number of nitro groups is 1. The fourth-order valence-electron chi connectivity index (χ4n) is 2.16. The molecule has 0 aliphatic carbocycles. The predicted octanol–water partition coefficient (Wildman–Crippen LogP) is 1.96. The fourth-order valence-corrected chi connectivity index (χ4v) is 2.80. The lowest BCUT2D eigenvalue weighted by atomic mass is 10.1. The van der Waals surface area contributed by atoms with Crippen LogP contribution in [0, 0.1) is 16.0 Å². The van der Waals surface area contributed by atoms with Gasteiger partial charge in [0.2, 0.25) is 5.91 Å². The molecule has 0 aliphatic rings. The highest BCUT2D eigenvalue weighted by atomic mass is 32.2. The molecule has 0 aromatic heterocycles. The van der Waals surface area contributed by atoms with Crippen LogP contribution in [0.5, 0.6) is 0 Å². The van der Waals surface area contributed by atoms with E-state index in [1.807, 2.05) is 13.8 Å². The summed E-state index contributed by atoms with van der Waals surface area (Å²) in [5.41, 5.74) is -0.105. The van der Waals surface area contributed by atoms with Crippen LogP contribution >= 0.6 is 0 Å². The molecule has 8 nitrogen and oxygen atoms in total. The van der Waals surface area contributed by atoms with Crippen molar-refractivity contribution in [2.75, 3.05) is 24.7 Å². The number of hydrogen-bond acceptors (Lipinski definition) is 6. The molecular formula is C15H23N3O5S. The maximum Gasteiger partial charge on any atom is 0.293 e. The topological polar surface area (TPSA) is 118 Å². The van der Waals surface area contributed by atoms with Gasteiger partial charge in [0.05, 0.1) is 9.82 Å². The van der Waals surface area contributed by atoms with Crippen molar-refractivity contribution >= 4 is 27.1 Å². The Balaban J connectivity index is 2.68. The van der Waals surface area contributed by atoms with Crippen molar-refractivity contribution in [1.82, 2.24) is 5.32 Å². The molecule has 134 valence electrons. The molecule has 1 unspecified atom stereocenters. The summed E-state index contributed by atoms with van der Waals surface area (Å²) >= 11 is 0. The van der Waals surface area contributed by atoms with E-state index in [4.69, 9.17) is 0 Å². The van der Waals surface area contributed by atoms with Crippen LogP contribution in [0.25, 0.3) is 0 Å². The van der Waals surface area contributed by atoms with E-state index in [9.17, 15) is 23.3 Å². The quantitative estimate of drug-likeness (QED) is 0.396. The first kappa shape index (κ1) is 19.9. The van der Waals surface area contributed by atoms with Gasteiger partial charge in [-0.05, 0) is 18.6 Å². The van der Waals surface area contributed by atoms with Gasteiger partial charge in [0, 0.05) is 31.3 Å². The Hall–Kier alpha value is -2.16. The first-order valence-corrected chi connectivity index (χ1v) is 9.56. The molecule has 1 aromatic rings. The largest absolute Gasteiger partial charge is 0.378 e. The Morgan fingerprint density at radius 2 is 2.00 bits per heavy atom. The van der Waals surface area contributed by atoms with Crippen LogP contribution in [0.3, 0.4) is 0 Å². The molecule has 0 aliphatic heterocycles. The number of nitrogens with zero attached hydrogens (tertiary/aromatic N) is 1. The molecule has 0 radical (unpaired) electrons. The van der Waals surface area contributed by atoms with Gasteiger partial charge in [-0.1, -0.05) is 20.3 Å². The molecule has 1 aromatic carbocycles. The van der Waals surface area contributed by atoms with E-state index in [1.165, 1.54) is 12.1 Å². The van der Waals surface area contributed by atoms with Crippen molar-refractivity contribution in [2.45, 2.75) is 31.6 Å². The molecular weight excluding hydrogens is 334 g/mol. The van der Waals surface area contributed by atoms with Gasteiger partial charge in [-0.2, -0.15) is 0 Å². The lowest BCUT2D eigenvalue weighted by Gasteiger charge is -2.12. The van der Waals surface area contributed by atoms with Gasteiger partial charge in [-0.15, -0.1) is 0 Å². The number of anilines is 1. The molecule has 1 atom stereocenters. The zero-order valence-electron chi connectivity index (χ0n) is 14.0. The van der Waals surface area contributed by atoms with Crippen molar-refractivity contribution in [3.63, 3.8) is 0 Å². The van der Waals surface area contributed by atoms with Crippen LogP contribution in [-0.4, -0.2) is 38.6 Å². The second-order valence-corrected chi connectivity index (χ2v) is 7.63. The van der Waals surface area contributed by atoms with E-state index in [1.54, 1.807) is 0 Å². The summed E-state index contributed by atoms with van der Waals surface area (Å²) in [6, 6.07) is 3.70. The minimum atomic E-state index is -3.52. The average molecular weight is 357 g/mol. The molecule has 0 spiro atoms. The number of sulfone groups is 1. The lowest BCUT2D eigenvalue weighted by Crippen LogP contribution is -2.33. The summed E-state index contributed by atoms with van der Waals surface area (Å²) in [6.07, 6.45) is 2.72. The molecule has 9 heteroatoms. The van der Waals surface area contributed by atoms with Crippen LogP contribution in [-0.2, 0) is 14.6 Å². The van der Waals surface area contributed by atoms with Crippen molar-refractivity contribution in [3.05, 3.63) is 28.3 Å². The molecule has 24 heavy (non-hydrogen) atoms. The Kier molecular flexibility index (Phi) is 7.15. The van der Waals surface area contributed by atoms with Crippen LogP contribution in [0.4, 0.5) is 11.4 Å². The normalized spacial score (nSPS) is 12.5. The Morgan fingerprint density at radius 1 is 1.33 bits per heavy atom. The summed E-state index contributed by atoms with van der Waals surface area (Å²) in [5, 5.41) is 16.7. The first-order chi connectivity index (χ1) is 11.2. The molecule has 0 fully saturated rings. The first-order valence-electron chi connectivity index (χ1n) is 7.67. The van der Waals surface area contributed by atoms with Crippen LogP contribution in [0.15, 0.2) is 23.1 Å². The second-order valence-electron chi connectivity index (χ2n) is 5.62. The highest BCUT2D eigenvalue weighted by Gasteiger charge is 2.18. The molecule has 0 heterocycles. The summed E-state index contributed by atoms with van der Waals surface area (Å²) in [7, 11) is -3.52. The maximum absolute atomic E-state index is 11.8. The Morgan fingerprint density at radius 3 is 2.54 bits per heavy atom. The summed E-state index contributed by atoms with van der Waals surface area (Å²) in [5.74, 6) is -0.126. The molecule has 0 bridgehead atoms. The van der Waals surface area contributed by atoms with Gasteiger partial charge in [-0.3, -0.25) is 14.9 Å². The highest BCUT2D eigenvalue weighted by Crippen LogP contribution is 2.27. The molecule has 2 N–H and O–H groups in total. The number of nitro benzene ring substituents is 1. The summed E-state index contributed by atoms with van der Waals surface area (Å²) < 4.78 is 23.0. The zero-order valence-corrected chi connectivity index (χ0v) is 14.9. The van der Waals surface area contributed by atoms with E-state index >= 15 is 0 Å². The number of nitrogens with one attached hydrogen (secondary N) is 2. The lowest BCUT2D eigenvalue weighted by molar-refractivity contribution is -0.384. The summed E-state index contributed by atoms with van der Waals surface area (Å²) in [4.78, 5) is 22.1. The second kappa shape index (κ2) is 8.62. The van der Waals surface area contributed by atoms with Gasteiger partial charge >= 0.3 is 0 Å². The minimum absolute atomic E-state index is 0.0550. The number of carbonyl (C=O) groups excluding carboxylic acids is 1. The smallest absolute Gasteiger partial charge is 0.293 e. The van der Waals surface area contributed by atoms with Crippen molar-refractivity contribution < 1.29 is 18.1 Å². The third-order valence-electron chi connectivity index (χ3n) is 3.50. The molecule has 0 saturated heterocycles. The Bertz CT molecular complexity index is 703. The van der Waals surface area contributed by atoms with E-state index < -0.39 is 14.8 Å². The molecule has 1 amide bonds. The van der Waals surface area contributed by atoms with Gasteiger partial charge in [-0.25, -0.2) is 8.42 Å². The fraction of sp³-hybridized carbons (Fsp3) is 0.533. The third kappa shape index (κ3) is 5.80. The number of hydrogen-bond donors (Lipinski definition) is 2.